The van der Waals surface area contributed by atoms with Crippen molar-refractivity contribution in [2.45, 2.75) is 175 Å². The zero-order valence-electron chi connectivity index (χ0n) is 39.7. The summed E-state index contributed by atoms with van der Waals surface area (Å²) in [7, 11) is 0. The molecule has 0 aromatic carbocycles. The summed E-state index contributed by atoms with van der Waals surface area (Å²) < 4.78 is 23.2. The molecule has 0 aromatic rings. The van der Waals surface area contributed by atoms with Crippen LogP contribution in [0.15, 0.2) is 85.1 Å². The molecule has 0 spiro atoms. The molecule has 69 heavy (non-hydrogen) atoms. The maximum absolute atomic E-state index is 13.9. The Hall–Kier alpha value is -3.52. The lowest BCUT2D eigenvalue weighted by molar-refractivity contribution is -0.304. The number of hydrogen-bond acceptors (Lipinski definition) is 19. The van der Waals surface area contributed by atoms with Gasteiger partial charge in [0, 0.05) is 38.0 Å². The van der Waals surface area contributed by atoms with Crippen molar-refractivity contribution in [2.75, 3.05) is 19.8 Å². The van der Waals surface area contributed by atoms with Crippen LogP contribution >= 0.6 is 0 Å². The Morgan fingerprint density at radius 1 is 0.725 bits per heavy atom. The predicted octanol–water partition coefficient (Wildman–Crippen LogP) is -1.15. The first-order chi connectivity index (χ1) is 32.6. The molecule has 3 rings (SSSR count). The smallest absolute Gasteiger partial charge is 0.308 e. The highest BCUT2D eigenvalue weighted by molar-refractivity contribution is 5.81. The Balaban J connectivity index is 1.93. The number of nitrogens with two attached hydrogens (primary N) is 1. The van der Waals surface area contributed by atoms with Crippen LogP contribution in [0.2, 0.25) is 0 Å². The number of nitrogens with one attached hydrogen (secondary N) is 1. The second-order valence-electron chi connectivity index (χ2n) is 18.7. The topological polar surface area (TPSA) is 352 Å². The van der Waals surface area contributed by atoms with E-state index in [0.29, 0.717) is 0 Å². The summed E-state index contributed by atoms with van der Waals surface area (Å²) in [5, 5.41) is 131. The van der Waals surface area contributed by atoms with Gasteiger partial charge in [0.05, 0.1) is 105 Å². The number of aliphatic hydroxyl groups is 12. The maximum atomic E-state index is 13.9. The number of fused-ring (bicyclic) bond motifs is 2. The third kappa shape index (κ3) is 21.0. The fourth-order valence-corrected chi connectivity index (χ4v) is 8.02. The molecular weight excluding hydrogens is 905 g/mol. The van der Waals surface area contributed by atoms with E-state index in [-0.39, 0.29) is 44.6 Å². The summed E-state index contributed by atoms with van der Waals surface area (Å²) in [5.74, 6) is -5.72. The van der Waals surface area contributed by atoms with Gasteiger partial charge in [-0.3, -0.25) is 9.59 Å². The number of rotatable bonds is 6. The Bertz CT molecular complexity index is 1750. The molecule has 3 aliphatic heterocycles. The van der Waals surface area contributed by atoms with Gasteiger partial charge in [-0.1, -0.05) is 92.0 Å². The first kappa shape index (κ1) is 59.8. The van der Waals surface area contributed by atoms with Crippen molar-refractivity contribution in [3.8, 4) is 0 Å². The van der Waals surface area contributed by atoms with E-state index in [1.54, 1.807) is 85.9 Å². The second kappa shape index (κ2) is 29.7. The van der Waals surface area contributed by atoms with E-state index in [1.165, 1.54) is 13.0 Å². The third-order valence-electron chi connectivity index (χ3n) is 12.2. The molecule has 2 saturated heterocycles. The van der Waals surface area contributed by atoms with Gasteiger partial charge in [0.2, 0.25) is 5.91 Å². The van der Waals surface area contributed by atoms with Crippen molar-refractivity contribution in [3.05, 3.63) is 85.1 Å². The van der Waals surface area contributed by atoms with Crippen LogP contribution in [0.3, 0.4) is 0 Å². The molecule has 15 N–H and O–H groups in total. The number of carbonyl (C=O) groups excluding carboxylic acids is 2. The summed E-state index contributed by atoms with van der Waals surface area (Å²) in [6.07, 6.45) is 4.28. The summed E-state index contributed by atoms with van der Waals surface area (Å²) in [4.78, 5) is 26.4. The van der Waals surface area contributed by atoms with Gasteiger partial charge in [-0.15, -0.1) is 0 Å². The highest BCUT2D eigenvalue weighted by atomic mass is 16.7. The minimum Gasteiger partial charge on any atom is -0.462 e. The molecule has 3 heterocycles. The predicted molar refractivity (Wildman–Crippen MR) is 251 cm³/mol. The zero-order valence-corrected chi connectivity index (χ0v) is 39.7. The van der Waals surface area contributed by atoms with E-state index >= 15 is 0 Å². The van der Waals surface area contributed by atoms with Crippen LogP contribution in [0.1, 0.15) is 78.6 Å². The van der Waals surface area contributed by atoms with Crippen LogP contribution in [-0.2, 0) is 28.5 Å². The van der Waals surface area contributed by atoms with Gasteiger partial charge >= 0.3 is 5.97 Å². The first-order valence-corrected chi connectivity index (χ1v) is 23.6. The number of ether oxygens (including phenoxy) is 4. The molecule has 2 fully saturated rings. The fraction of sp³-hybridized carbons (Fsp3) is 0.673. The summed E-state index contributed by atoms with van der Waals surface area (Å²) in [6.45, 7) is 3.15. The second-order valence-corrected chi connectivity index (χ2v) is 18.7. The first-order valence-electron chi connectivity index (χ1n) is 23.6. The van der Waals surface area contributed by atoms with Crippen molar-refractivity contribution in [3.63, 3.8) is 0 Å². The lowest BCUT2D eigenvalue weighted by Crippen LogP contribution is -2.62. The average molecular weight is 983 g/mol. The molecule has 20 heteroatoms. The number of carbonyl (C=O) groups is 2. The van der Waals surface area contributed by atoms with E-state index in [1.807, 2.05) is 6.92 Å². The molecule has 1 amide bonds. The van der Waals surface area contributed by atoms with E-state index in [2.05, 4.69) is 5.32 Å². The van der Waals surface area contributed by atoms with Crippen LogP contribution < -0.4 is 11.1 Å². The van der Waals surface area contributed by atoms with Crippen molar-refractivity contribution in [1.29, 1.82) is 0 Å². The molecule has 3 aliphatic rings. The van der Waals surface area contributed by atoms with E-state index in [9.17, 15) is 70.9 Å². The van der Waals surface area contributed by atoms with Crippen LogP contribution in [-0.4, -0.2) is 190 Å². The molecule has 0 radical (unpaired) electrons. The van der Waals surface area contributed by atoms with Crippen LogP contribution in [0.5, 0.6) is 0 Å². The number of hydrogen-bond donors (Lipinski definition) is 14. The van der Waals surface area contributed by atoms with Gasteiger partial charge in [0.15, 0.2) is 12.1 Å². The zero-order chi connectivity index (χ0) is 51.3. The number of aliphatic hydroxyl groups excluding tert-OH is 11. The Labute approximate surface area is 404 Å². The molecule has 2 bridgehead atoms. The Morgan fingerprint density at radius 3 is 1.90 bits per heavy atom. The Kier molecular flexibility index (Phi) is 25.8. The fourth-order valence-electron chi connectivity index (χ4n) is 8.02. The van der Waals surface area contributed by atoms with Crippen molar-refractivity contribution in [2.24, 2.45) is 17.6 Å². The molecule has 7 unspecified atom stereocenters. The highest BCUT2D eigenvalue weighted by Gasteiger charge is 2.51. The van der Waals surface area contributed by atoms with Crippen LogP contribution in [0.4, 0.5) is 0 Å². The standard InChI is InChI=1S/C49H78N2O18/c1-30-16-14-12-10-8-6-4-5-7-9-11-13-15-17-35(68-47-45(63)44(50)40(61)27-66-47)24-41-43(46(64)51-48(3,28-52)29-53)39(60)26-49(65,69-41)25-34(56)22-38(59)36(57)19-18-32(54)21-33(55)23-42(62)67-31(2)20-37(30)58/h4-17,30-41,43-45,47,52-61,63,65H,18-29,50H2,1-3H3,(H,51,64)/b5-4+,8-6+,9-7+,12-10+,13-11+,16-14+,17-15+/t30-,31-,32?,33?,34?,35?,36+,37-,38?,39-,40+,41-,43?,44-,45-,47-,49?/m0/s1. The molecule has 0 aromatic heterocycles. The van der Waals surface area contributed by atoms with Gasteiger partial charge in [-0.05, 0) is 33.1 Å². The summed E-state index contributed by atoms with van der Waals surface area (Å²) >= 11 is 0. The number of cyclic esters (lactones) is 1. The normalized spacial score (nSPS) is 41.6. The van der Waals surface area contributed by atoms with E-state index in [4.69, 9.17) is 24.7 Å². The van der Waals surface area contributed by atoms with Gasteiger partial charge in [0.1, 0.15) is 12.2 Å². The molecule has 17 atom stereocenters. The average Bonchev–Trinajstić information content (AvgIpc) is 3.27. The molecule has 20 nitrogen and oxygen atoms in total. The third-order valence-corrected chi connectivity index (χ3v) is 12.2. The molecule has 0 saturated carbocycles. The quantitative estimate of drug-likeness (QED) is 0.140. The maximum Gasteiger partial charge on any atom is 0.308 e. The number of esters is 1. The van der Waals surface area contributed by atoms with Gasteiger partial charge < -0.3 is 91.3 Å². The Morgan fingerprint density at radius 2 is 1.30 bits per heavy atom. The van der Waals surface area contributed by atoms with E-state index in [0.717, 1.165) is 0 Å². The molecular formula is C49H78N2O18. The van der Waals surface area contributed by atoms with Crippen LogP contribution in [0.25, 0.3) is 0 Å². The molecule has 392 valence electrons. The van der Waals surface area contributed by atoms with E-state index < -0.39 is 154 Å². The number of amides is 1. The van der Waals surface area contributed by atoms with Gasteiger partial charge in [-0.25, -0.2) is 0 Å². The van der Waals surface area contributed by atoms with Crippen molar-refractivity contribution < 1.29 is 89.8 Å². The van der Waals surface area contributed by atoms with Crippen molar-refractivity contribution >= 4 is 11.9 Å². The van der Waals surface area contributed by atoms with Crippen LogP contribution in [0, 0.1) is 11.8 Å². The lowest BCUT2D eigenvalue weighted by Gasteiger charge is -2.46. The van der Waals surface area contributed by atoms with Gasteiger partial charge in [0.25, 0.3) is 0 Å². The minimum atomic E-state index is -2.36. The SMILES string of the molecule is C[C@H]1C[C@H](O)[C@@H](C)/C=C/C=C/C=C/C=C/C=C/C=C/C=C/C(O[C@@H]2OC[C@@H](O)[C@H](N)[C@@H]2O)C[C@@H]2OC(O)(CC(O)CC(O)[C@H](O)CCC(O)CC(O)CC(=O)O1)C[C@H](O)C2C(=O)NC(C)(CO)CO. The molecule has 0 aliphatic carbocycles. The lowest BCUT2D eigenvalue weighted by atomic mass is 9.81. The van der Waals surface area contributed by atoms with Gasteiger partial charge in [-0.2, -0.15) is 0 Å². The number of allylic oxidation sites excluding steroid dienone is 12. The minimum absolute atomic E-state index is 0.118. The highest BCUT2D eigenvalue weighted by Crippen LogP contribution is 2.38. The van der Waals surface area contributed by atoms with Crippen molar-refractivity contribution in [1.82, 2.24) is 5.32 Å². The monoisotopic (exact) mass is 983 g/mol. The summed E-state index contributed by atoms with van der Waals surface area (Å²) in [6, 6.07) is -1.15. The largest absolute Gasteiger partial charge is 0.462 e. The summed E-state index contributed by atoms with van der Waals surface area (Å²) in [5.41, 5.74) is 4.46.